The molecule has 0 saturated carbocycles. The van der Waals surface area contributed by atoms with Crippen molar-refractivity contribution in [1.29, 1.82) is 0 Å². The van der Waals surface area contributed by atoms with E-state index in [1.54, 1.807) is 11.3 Å². The summed E-state index contributed by atoms with van der Waals surface area (Å²) >= 11 is 1.66. The number of aryl methyl sites for hydroxylation is 2. The molecule has 1 aliphatic carbocycles. The number of hydrogen-bond acceptors (Lipinski definition) is 2. The molecule has 0 aliphatic heterocycles. The van der Waals surface area contributed by atoms with Crippen LogP contribution in [0.15, 0.2) is 29.0 Å². The van der Waals surface area contributed by atoms with Gasteiger partial charge in [-0.1, -0.05) is 18.2 Å². The van der Waals surface area contributed by atoms with Gasteiger partial charge >= 0.3 is 0 Å². The van der Waals surface area contributed by atoms with Crippen LogP contribution in [0.1, 0.15) is 29.5 Å². The number of benzene rings is 1. The summed E-state index contributed by atoms with van der Waals surface area (Å²) in [5, 5.41) is 13.5. The molecule has 0 atom stereocenters. The van der Waals surface area contributed by atoms with Crippen molar-refractivity contribution in [1.82, 2.24) is 0 Å². The summed E-state index contributed by atoms with van der Waals surface area (Å²) in [6.45, 7) is 0.135. The molecule has 0 amide bonds. The van der Waals surface area contributed by atoms with Gasteiger partial charge in [-0.3, -0.25) is 0 Å². The van der Waals surface area contributed by atoms with Gasteiger partial charge in [0.05, 0.1) is 6.61 Å². The average Bonchev–Trinajstić information content (AvgIpc) is 2.86. The highest BCUT2D eigenvalue weighted by atomic mass is 32.1. The van der Waals surface area contributed by atoms with Crippen molar-refractivity contribution in [2.75, 3.05) is 0 Å². The summed E-state index contributed by atoms with van der Waals surface area (Å²) in [6.07, 6.45) is 5.08. The zero-order valence-corrected chi connectivity index (χ0v) is 10.6. The van der Waals surface area contributed by atoms with Gasteiger partial charge in [0, 0.05) is 0 Å². The molecule has 2 aromatic rings. The molecule has 3 rings (SSSR count). The van der Waals surface area contributed by atoms with Crippen molar-refractivity contribution < 1.29 is 5.11 Å². The van der Waals surface area contributed by atoms with E-state index in [1.165, 1.54) is 47.9 Å². The van der Waals surface area contributed by atoms with Crippen molar-refractivity contribution in [3.8, 4) is 11.1 Å². The van der Waals surface area contributed by atoms with Gasteiger partial charge in [0.15, 0.2) is 0 Å². The third-order valence-electron chi connectivity index (χ3n) is 3.57. The number of aliphatic hydroxyl groups is 1. The lowest BCUT2D eigenvalue weighted by Crippen LogP contribution is -2.02. The first-order valence-electron chi connectivity index (χ1n) is 6.16. The van der Waals surface area contributed by atoms with E-state index >= 15 is 0 Å². The molecule has 1 nitrogen and oxygen atoms in total. The van der Waals surface area contributed by atoms with E-state index < -0.39 is 0 Å². The second kappa shape index (κ2) is 4.63. The maximum atomic E-state index is 9.31. The van der Waals surface area contributed by atoms with E-state index in [2.05, 4.69) is 23.6 Å². The topological polar surface area (TPSA) is 20.2 Å². The largest absolute Gasteiger partial charge is 0.392 e. The van der Waals surface area contributed by atoms with Gasteiger partial charge in [0.25, 0.3) is 0 Å². The fourth-order valence-corrected chi connectivity index (χ4v) is 3.46. The summed E-state index contributed by atoms with van der Waals surface area (Å²) in [5.41, 5.74) is 6.53. The van der Waals surface area contributed by atoms with Crippen molar-refractivity contribution in [3.05, 3.63) is 45.6 Å². The van der Waals surface area contributed by atoms with Crippen molar-refractivity contribution in [2.24, 2.45) is 0 Å². The van der Waals surface area contributed by atoms with E-state index in [0.29, 0.717) is 0 Å². The first-order valence-corrected chi connectivity index (χ1v) is 7.11. The minimum atomic E-state index is 0.135. The van der Waals surface area contributed by atoms with Gasteiger partial charge < -0.3 is 5.11 Å². The van der Waals surface area contributed by atoms with Crippen LogP contribution in [-0.4, -0.2) is 5.11 Å². The lowest BCUT2D eigenvalue weighted by Gasteiger charge is -2.16. The summed E-state index contributed by atoms with van der Waals surface area (Å²) in [5.74, 6) is 0. The average molecular weight is 244 g/mol. The van der Waals surface area contributed by atoms with E-state index in [9.17, 15) is 5.11 Å². The maximum Gasteiger partial charge on any atom is 0.0696 e. The quantitative estimate of drug-likeness (QED) is 0.852. The molecule has 1 heterocycles. The Bertz CT molecular complexity index is 527. The molecule has 88 valence electrons. The summed E-state index contributed by atoms with van der Waals surface area (Å²) in [4.78, 5) is 0. The molecular weight excluding hydrogens is 228 g/mol. The SMILES string of the molecule is OCc1cscc1-c1ccc2c(c1)CCCC2. The van der Waals surface area contributed by atoms with Crippen LogP contribution in [0.2, 0.25) is 0 Å². The molecule has 0 fully saturated rings. The Morgan fingerprint density at radius 3 is 2.71 bits per heavy atom. The number of thiophene rings is 1. The molecule has 0 radical (unpaired) electrons. The normalized spacial score (nSPS) is 14.6. The summed E-state index contributed by atoms with van der Waals surface area (Å²) in [6, 6.07) is 6.78. The first-order chi connectivity index (χ1) is 8.38. The predicted octanol–water partition coefficient (Wildman–Crippen LogP) is 3.79. The van der Waals surface area contributed by atoms with Crippen molar-refractivity contribution in [3.63, 3.8) is 0 Å². The van der Waals surface area contributed by atoms with E-state index in [1.807, 2.05) is 5.38 Å². The van der Waals surface area contributed by atoms with E-state index in [4.69, 9.17) is 0 Å². The minimum Gasteiger partial charge on any atom is -0.392 e. The van der Waals surface area contributed by atoms with Gasteiger partial charge in [-0.25, -0.2) is 0 Å². The monoisotopic (exact) mass is 244 g/mol. The standard InChI is InChI=1S/C15H16OS/c16-8-14-9-17-10-15(14)13-6-5-11-3-1-2-4-12(11)7-13/h5-7,9-10,16H,1-4,8H2. The second-order valence-electron chi connectivity index (χ2n) is 4.66. The lowest BCUT2D eigenvalue weighted by atomic mass is 9.89. The molecule has 1 aromatic carbocycles. The second-order valence-corrected chi connectivity index (χ2v) is 5.40. The van der Waals surface area contributed by atoms with Crippen LogP contribution in [0.4, 0.5) is 0 Å². The zero-order chi connectivity index (χ0) is 11.7. The van der Waals surface area contributed by atoms with Crippen LogP contribution in [0.5, 0.6) is 0 Å². The number of hydrogen-bond donors (Lipinski definition) is 1. The van der Waals surface area contributed by atoms with Gasteiger partial charge in [0.2, 0.25) is 0 Å². The van der Waals surface area contributed by atoms with Crippen molar-refractivity contribution in [2.45, 2.75) is 32.3 Å². The highest BCUT2D eigenvalue weighted by Crippen LogP contribution is 2.31. The fraction of sp³-hybridized carbons (Fsp3) is 0.333. The maximum absolute atomic E-state index is 9.31. The summed E-state index contributed by atoms with van der Waals surface area (Å²) in [7, 11) is 0. The molecule has 2 heteroatoms. The Morgan fingerprint density at radius 2 is 1.88 bits per heavy atom. The number of aliphatic hydroxyl groups excluding tert-OH is 1. The molecule has 0 saturated heterocycles. The first kappa shape index (κ1) is 11.0. The molecule has 0 unspecified atom stereocenters. The highest BCUT2D eigenvalue weighted by molar-refractivity contribution is 7.08. The minimum absolute atomic E-state index is 0.135. The van der Waals surface area contributed by atoms with Crippen molar-refractivity contribution >= 4 is 11.3 Å². The molecule has 0 spiro atoms. The Balaban J connectivity index is 2.04. The van der Waals surface area contributed by atoms with Crippen LogP contribution in [0, 0.1) is 0 Å². The number of rotatable bonds is 2. The lowest BCUT2D eigenvalue weighted by molar-refractivity contribution is 0.283. The van der Waals surface area contributed by atoms with Crippen LogP contribution in [-0.2, 0) is 19.4 Å². The third kappa shape index (κ3) is 2.03. The third-order valence-corrected chi connectivity index (χ3v) is 4.36. The Labute approximate surface area is 106 Å². The fourth-order valence-electron chi connectivity index (χ4n) is 2.60. The van der Waals surface area contributed by atoms with E-state index in [-0.39, 0.29) is 6.61 Å². The van der Waals surface area contributed by atoms with Crippen LogP contribution in [0.3, 0.4) is 0 Å². The smallest absolute Gasteiger partial charge is 0.0696 e. The molecular formula is C15H16OS. The number of fused-ring (bicyclic) bond motifs is 1. The van der Waals surface area contributed by atoms with Gasteiger partial charge in [-0.2, -0.15) is 11.3 Å². The van der Waals surface area contributed by atoms with Crippen LogP contribution in [0.25, 0.3) is 11.1 Å². The zero-order valence-electron chi connectivity index (χ0n) is 9.78. The molecule has 0 bridgehead atoms. The van der Waals surface area contributed by atoms with Gasteiger partial charge in [-0.15, -0.1) is 0 Å². The Hall–Kier alpha value is -1.12. The Morgan fingerprint density at radius 1 is 1.06 bits per heavy atom. The Kier molecular flexibility index (Phi) is 3.00. The molecule has 1 aliphatic rings. The van der Waals surface area contributed by atoms with Gasteiger partial charge in [0.1, 0.15) is 0 Å². The highest BCUT2D eigenvalue weighted by Gasteiger charge is 2.12. The van der Waals surface area contributed by atoms with Crippen LogP contribution < -0.4 is 0 Å². The van der Waals surface area contributed by atoms with Crippen LogP contribution >= 0.6 is 11.3 Å². The molecule has 17 heavy (non-hydrogen) atoms. The van der Waals surface area contributed by atoms with Gasteiger partial charge in [-0.05, 0) is 64.3 Å². The van der Waals surface area contributed by atoms with E-state index in [0.717, 1.165) is 5.56 Å². The summed E-state index contributed by atoms with van der Waals surface area (Å²) < 4.78 is 0. The predicted molar refractivity (Wildman–Crippen MR) is 72.3 cm³/mol. The molecule has 1 N–H and O–H groups in total. The molecule has 1 aromatic heterocycles.